The van der Waals surface area contributed by atoms with E-state index in [1.165, 1.54) is 0 Å². The van der Waals surface area contributed by atoms with Gasteiger partial charge in [-0.05, 0) is 37.9 Å². The largest absolute Gasteiger partial charge is 0.415 e. The van der Waals surface area contributed by atoms with Crippen molar-refractivity contribution in [1.82, 2.24) is 4.90 Å². The minimum Gasteiger partial charge on any atom is -0.410 e. The highest BCUT2D eigenvalue weighted by Gasteiger charge is 2.32. The fraction of sp³-hybridized carbons (Fsp3) is 0.462. The zero-order chi connectivity index (χ0) is 12.3. The van der Waals surface area contributed by atoms with Crippen LogP contribution in [0.4, 0.5) is 4.79 Å². The van der Waals surface area contributed by atoms with E-state index in [9.17, 15) is 4.79 Å². The Morgan fingerprint density at radius 2 is 2.18 bits per heavy atom. The van der Waals surface area contributed by atoms with Crippen LogP contribution in [0.5, 0.6) is 5.75 Å². The van der Waals surface area contributed by atoms with Crippen LogP contribution in [0.2, 0.25) is 0 Å². The Bertz CT molecular complexity index is 380. The van der Waals surface area contributed by atoms with Crippen LogP contribution in [0.25, 0.3) is 0 Å². The summed E-state index contributed by atoms with van der Waals surface area (Å²) in [4.78, 5) is 13.7. The number of likely N-dealkylation sites (tertiary alicyclic amines) is 1. The number of amides is 1. The van der Waals surface area contributed by atoms with Gasteiger partial charge in [-0.15, -0.1) is 0 Å². The molecular weight excluding hydrogens is 216 g/mol. The molecule has 4 heteroatoms. The summed E-state index contributed by atoms with van der Waals surface area (Å²) in [6, 6.07) is 9.34. The van der Waals surface area contributed by atoms with E-state index in [1.54, 1.807) is 17.0 Å². The number of benzene rings is 1. The quantitative estimate of drug-likeness (QED) is 0.849. The van der Waals surface area contributed by atoms with Crippen LogP contribution >= 0.6 is 0 Å². The number of carbonyl (C=O) groups is 1. The summed E-state index contributed by atoms with van der Waals surface area (Å²) in [7, 11) is 0. The predicted molar refractivity (Wildman–Crippen MR) is 65.8 cm³/mol. The summed E-state index contributed by atoms with van der Waals surface area (Å²) in [6.45, 7) is 3.35. The number of rotatable bonds is 2. The molecule has 0 aliphatic carbocycles. The van der Waals surface area contributed by atoms with E-state index >= 15 is 0 Å². The molecule has 1 heterocycles. The fourth-order valence-corrected chi connectivity index (χ4v) is 2.22. The number of hydrogen-bond acceptors (Lipinski definition) is 3. The molecule has 1 aromatic carbocycles. The smallest absolute Gasteiger partial charge is 0.410 e. The van der Waals surface area contributed by atoms with Crippen molar-refractivity contribution in [2.75, 3.05) is 13.1 Å². The summed E-state index contributed by atoms with van der Waals surface area (Å²) < 4.78 is 5.31. The van der Waals surface area contributed by atoms with Gasteiger partial charge in [0.2, 0.25) is 0 Å². The summed E-state index contributed by atoms with van der Waals surface area (Å²) >= 11 is 0. The molecule has 17 heavy (non-hydrogen) atoms. The standard InChI is InChI=1S/C13H18N2O2/c1-10-7-11(8-14)9-15(10)13(16)17-12-5-3-2-4-6-12/h2-6,10-11H,7-9,14H2,1H3. The van der Waals surface area contributed by atoms with Crippen molar-refractivity contribution in [2.24, 2.45) is 11.7 Å². The van der Waals surface area contributed by atoms with Crippen LogP contribution in [-0.2, 0) is 0 Å². The third-order valence-electron chi connectivity index (χ3n) is 3.18. The van der Waals surface area contributed by atoms with Crippen molar-refractivity contribution in [3.8, 4) is 5.75 Å². The Morgan fingerprint density at radius 1 is 1.47 bits per heavy atom. The average molecular weight is 234 g/mol. The molecule has 2 rings (SSSR count). The Hall–Kier alpha value is -1.55. The van der Waals surface area contributed by atoms with Crippen molar-refractivity contribution < 1.29 is 9.53 Å². The van der Waals surface area contributed by atoms with Gasteiger partial charge in [0.15, 0.2) is 0 Å². The van der Waals surface area contributed by atoms with Crippen molar-refractivity contribution in [1.29, 1.82) is 0 Å². The molecule has 2 atom stereocenters. The molecule has 0 bridgehead atoms. The molecule has 1 aliphatic heterocycles. The lowest BCUT2D eigenvalue weighted by Crippen LogP contribution is -2.36. The second-order valence-electron chi connectivity index (χ2n) is 4.52. The number of ether oxygens (including phenoxy) is 1. The fourth-order valence-electron chi connectivity index (χ4n) is 2.22. The van der Waals surface area contributed by atoms with Gasteiger partial charge in [-0.3, -0.25) is 0 Å². The molecule has 4 nitrogen and oxygen atoms in total. The number of carbonyl (C=O) groups excluding carboxylic acids is 1. The van der Waals surface area contributed by atoms with Crippen LogP contribution in [-0.4, -0.2) is 30.1 Å². The molecule has 0 saturated carbocycles. The molecule has 0 spiro atoms. The molecule has 92 valence electrons. The Morgan fingerprint density at radius 3 is 2.76 bits per heavy atom. The Kier molecular flexibility index (Phi) is 3.64. The number of nitrogens with zero attached hydrogens (tertiary/aromatic N) is 1. The third-order valence-corrected chi connectivity index (χ3v) is 3.18. The van der Waals surface area contributed by atoms with Crippen molar-refractivity contribution >= 4 is 6.09 Å². The lowest BCUT2D eigenvalue weighted by atomic mass is 10.1. The molecule has 0 radical (unpaired) electrons. The Labute approximate surface area is 101 Å². The molecule has 1 aliphatic rings. The van der Waals surface area contributed by atoms with Crippen LogP contribution in [0, 0.1) is 5.92 Å². The van der Waals surface area contributed by atoms with E-state index < -0.39 is 0 Å². The minimum atomic E-state index is -0.278. The minimum absolute atomic E-state index is 0.208. The van der Waals surface area contributed by atoms with E-state index in [0.717, 1.165) is 6.42 Å². The molecule has 1 saturated heterocycles. The van der Waals surface area contributed by atoms with Gasteiger partial charge >= 0.3 is 6.09 Å². The maximum absolute atomic E-state index is 11.9. The average Bonchev–Trinajstić information content (AvgIpc) is 2.72. The first-order chi connectivity index (χ1) is 8.20. The normalized spacial score (nSPS) is 23.8. The Balaban J connectivity index is 1.97. The van der Waals surface area contributed by atoms with Gasteiger partial charge in [0, 0.05) is 12.6 Å². The van der Waals surface area contributed by atoms with Gasteiger partial charge < -0.3 is 15.4 Å². The van der Waals surface area contributed by atoms with Gasteiger partial charge in [0.1, 0.15) is 5.75 Å². The van der Waals surface area contributed by atoms with Crippen LogP contribution < -0.4 is 10.5 Å². The molecule has 2 unspecified atom stereocenters. The lowest BCUT2D eigenvalue weighted by molar-refractivity contribution is 0.149. The van der Waals surface area contributed by atoms with Gasteiger partial charge in [0.05, 0.1) is 0 Å². The second-order valence-corrected chi connectivity index (χ2v) is 4.52. The van der Waals surface area contributed by atoms with Crippen LogP contribution in [0.15, 0.2) is 30.3 Å². The second kappa shape index (κ2) is 5.19. The highest BCUT2D eigenvalue weighted by molar-refractivity contribution is 5.71. The van der Waals surface area contributed by atoms with E-state index in [0.29, 0.717) is 24.8 Å². The van der Waals surface area contributed by atoms with E-state index in [2.05, 4.69) is 0 Å². The number of para-hydroxylation sites is 1. The van der Waals surface area contributed by atoms with Crippen LogP contribution in [0.1, 0.15) is 13.3 Å². The maximum atomic E-state index is 11.9. The first-order valence-electron chi connectivity index (χ1n) is 5.94. The highest BCUT2D eigenvalue weighted by atomic mass is 16.6. The third kappa shape index (κ3) is 2.77. The summed E-state index contributed by atoms with van der Waals surface area (Å²) in [5.74, 6) is 0.981. The molecule has 1 fully saturated rings. The summed E-state index contributed by atoms with van der Waals surface area (Å²) in [5, 5.41) is 0. The van der Waals surface area contributed by atoms with E-state index in [-0.39, 0.29) is 12.1 Å². The van der Waals surface area contributed by atoms with Crippen molar-refractivity contribution in [3.63, 3.8) is 0 Å². The molecule has 1 amide bonds. The molecule has 1 aromatic rings. The molecule has 2 N–H and O–H groups in total. The SMILES string of the molecule is CC1CC(CN)CN1C(=O)Oc1ccccc1. The van der Waals surface area contributed by atoms with Gasteiger partial charge in [-0.2, -0.15) is 0 Å². The van der Waals surface area contributed by atoms with Crippen molar-refractivity contribution in [3.05, 3.63) is 30.3 Å². The first-order valence-corrected chi connectivity index (χ1v) is 5.94. The maximum Gasteiger partial charge on any atom is 0.415 e. The number of hydrogen-bond donors (Lipinski definition) is 1. The lowest BCUT2D eigenvalue weighted by Gasteiger charge is -2.20. The van der Waals surface area contributed by atoms with Crippen LogP contribution in [0.3, 0.4) is 0 Å². The first kappa shape index (κ1) is 11.9. The predicted octanol–water partition coefficient (Wildman–Crippen LogP) is 1.85. The number of nitrogens with two attached hydrogens (primary N) is 1. The molecule has 0 aromatic heterocycles. The monoisotopic (exact) mass is 234 g/mol. The highest BCUT2D eigenvalue weighted by Crippen LogP contribution is 2.23. The van der Waals surface area contributed by atoms with E-state index in [4.69, 9.17) is 10.5 Å². The van der Waals surface area contributed by atoms with Gasteiger partial charge in [0.25, 0.3) is 0 Å². The zero-order valence-corrected chi connectivity index (χ0v) is 10.0. The summed E-state index contributed by atoms with van der Waals surface area (Å²) in [6.07, 6.45) is 0.681. The zero-order valence-electron chi connectivity index (χ0n) is 10.0. The van der Waals surface area contributed by atoms with Crippen molar-refractivity contribution in [2.45, 2.75) is 19.4 Å². The van der Waals surface area contributed by atoms with Gasteiger partial charge in [-0.25, -0.2) is 4.79 Å². The van der Waals surface area contributed by atoms with E-state index in [1.807, 2.05) is 25.1 Å². The van der Waals surface area contributed by atoms with Gasteiger partial charge in [-0.1, -0.05) is 18.2 Å². The molecular formula is C13H18N2O2. The summed E-state index contributed by atoms with van der Waals surface area (Å²) in [5.41, 5.74) is 5.63. The topological polar surface area (TPSA) is 55.6 Å².